The van der Waals surface area contributed by atoms with Crippen LogP contribution in [0.3, 0.4) is 0 Å². The predicted molar refractivity (Wildman–Crippen MR) is 90.9 cm³/mol. The van der Waals surface area contributed by atoms with Gasteiger partial charge in [-0.1, -0.05) is 0 Å². The third-order valence-corrected chi connectivity index (χ3v) is 4.73. The Bertz CT molecular complexity index is 755. The van der Waals surface area contributed by atoms with Gasteiger partial charge in [-0.3, -0.25) is 4.79 Å². The summed E-state index contributed by atoms with van der Waals surface area (Å²) < 4.78 is 11.5. The first-order valence-corrected chi connectivity index (χ1v) is 8.51. The zero-order valence-corrected chi connectivity index (χ0v) is 14.5. The number of hydrogen-bond donors (Lipinski definition) is 1. The van der Waals surface area contributed by atoms with Crippen molar-refractivity contribution in [3.05, 3.63) is 33.3 Å². The normalized spacial score (nSPS) is 15.9. The first-order valence-electron chi connectivity index (χ1n) is 7.69. The number of benzene rings is 1. The number of carbonyl (C=O) groups excluding carboxylic acids is 1. The fraction of sp³-hybridized carbons (Fsp3) is 0.412. The molecule has 0 unspecified atom stereocenters. The van der Waals surface area contributed by atoms with Gasteiger partial charge in [0.1, 0.15) is 22.5 Å². The van der Waals surface area contributed by atoms with Gasteiger partial charge in [0.05, 0.1) is 23.0 Å². The topological polar surface area (TPSA) is 60.5 Å². The van der Waals surface area contributed by atoms with Crippen molar-refractivity contribution >= 4 is 22.9 Å². The Kier molecular flexibility index (Phi) is 4.26. The van der Waals surface area contributed by atoms with Gasteiger partial charge < -0.3 is 14.8 Å². The highest BCUT2D eigenvalue weighted by molar-refractivity contribution is 7.13. The summed E-state index contributed by atoms with van der Waals surface area (Å²) >= 11 is 1.39. The Morgan fingerprint density at radius 1 is 1.48 bits per heavy atom. The molecule has 1 aromatic carbocycles. The van der Waals surface area contributed by atoms with E-state index in [1.165, 1.54) is 11.3 Å². The van der Waals surface area contributed by atoms with E-state index in [0.717, 1.165) is 28.4 Å². The second kappa shape index (κ2) is 6.20. The molecule has 1 aliphatic rings. The standard InChI is InChI=1S/C17H20N2O3S/c1-5-21-15-7-12-6-9(2)22-14(12)8-13(15)19-17(20)16-10(3)18-11(4)23-16/h7-9H,5-6H2,1-4H3,(H,19,20)/t9-/m0/s1. The number of thiazole rings is 1. The molecule has 1 amide bonds. The van der Waals surface area contributed by atoms with Crippen LogP contribution < -0.4 is 14.8 Å². The first kappa shape index (κ1) is 15.8. The summed E-state index contributed by atoms with van der Waals surface area (Å²) in [5.41, 5.74) is 2.49. The van der Waals surface area contributed by atoms with Crippen LogP contribution >= 0.6 is 11.3 Å². The summed E-state index contributed by atoms with van der Waals surface area (Å²) in [5.74, 6) is 1.32. The molecule has 0 radical (unpaired) electrons. The number of aryl methyl sites for hydroxylation is 2. The minimum atomic E-state index is -0.167. The van der Waals surface area contributed by atoms with Crippen molar-refractivity contribution in [3.8, 4) is 11.5 Å². The molecular formula is C17H20N2O3S. The summed E-state index contributed by atoms with van der Waals surface area (Å²) in [6.45, 7) is 8.23. The van der Waals surface area contributed by atoms with E-state index in [1.807, 2.05) is 39.8 Å². The number of fused-ring (bicyclic) bond motifs is 1. The second-order valence-corrected chi connectivity index (χ2v) is 6.83. The van der Waals surface area contributed by atoms with Crippen LogP contribution in [0.5, 0.6) is 11.5 Å². The number of aromatic nitrogens is 1. The molecule has 1 aliphatic heterocycles. The average Bonchev–Trinajstić information content (AvgIpc) is 3.00. The van der Waals surface area contributed by atoms with Gasteiger partial charge in [-0.05, 0) is 33.8 Å². The van der Waals surface area contributed by atoms with Crippen LogP contribution in [0.15, 0.2) is 12.1 Å². The highest BCUT2D eigenvalue weighted by Gasteiger charge is 2.23. The zero-order valence-electron chi connectivity index (χ0n) is 13.7. The lowest BCUT2D eigenvalue weighted by atomic mass is 10.1. The molecule has 3 rings (SSSR count). The van der Waals surface area contributed by atoms with Crippen molar-refractivity contribution in [2.45, 2.75) is 40.2 Å². The molecule has 5 nitrogen and oxygen atoms in total. The molecule has 122 valence electrons. The Labute approximate surface area is 139 Å². The van der Waals surface area contributed by atoms with Gasteiger partial charge in [0.15, 0.2) is 0 Å². The van der Waals surface area contributed by atoms with Crippen LogP contribution in [0, 0.1) is 13.8 Å². The number of hydrogen-bond acceptors (Lipinski definition) is 5. The number of nitrogens with one attached hydrogen (secondary N) is 1. The Morgan fingerprint density at radius 2 is 2.26 bits per heavy atom. The molecular weight excluding hydrogens is 312 g/mol. The molecule has 23 heavy (non-hydrogen) atoms. The lowest BCUT2D eigenvalue weighted by molar-refractivity contribution is 0.102. The Morgan fingerprint density at radius 3 is 2.91 bits per heavy atom. The van der Waals surface area contributed by atoms with Crippen molar-refractivity contribution < 1.29 is 14.3 Å². The number of carbonyl (C=O) groups is 1. The third kappa shape index (κ3) is 3.17. The first-order chi connectivity index (χ1) is 11.0. The molecule has 0 aliphatic carbocycles. The molecule has 1 N–H and O–H groups in total. The van der Waals surface area contributed by atoms with E-state index in [0.29, 0.717) is 22.9 Å². The smallest absolute Gasteiger partial charge is 0.267 e. The molecule has 2 aromatic rings. The van der Waals surface area contributed by atoms with Crippen molar-refractivity contribution in [3.63, 3.8) is 0 Å². The highest BCUT2D eigenvalue weighted by atomic mass is 32.1. The molecule has 0 spiro atoms. The SMILES string of the molecule is CCOc1cc2c(cc1NC(=O)c1sc(C)nc1C)O[C@@H](C)C2. The van der Waals surface area contributed by atoms with E-state index in [1.54, 1.807) is 0 Å². The van der Waals surface area contributed by atoms with Crippen molar-refractivity contribution in [1.82, 2.24) is 4.98 Å². The predicted octanol–water partition coefficient (Wildman–Crippen LogP) is 3.73. The Balaban J connectivity index is 1.91. The van der Waals surface area contributed by atoms with Gasteiger partial charge in [0.25, 0.3) is 5.91 Å². The van der Waals surface area contributed by atoms with E-state index in [2.05, 4.69) is 10.3 Å². The molecule has 0 saturated heterocycles. The number of anilines is 1. The highest BCUT2D eigenvalue weighted by Crippen LogP contribution is 2.38. The van der Waals surface area contributed by atoms with Crippen LogP contribution in [0.1, 0.15) is 39.8 Å². The summed E-state index contributed by atoms with van der Waals surface area (Å²) in [5, 5.41) is 3.82. The fourth-order valence-electron chi connectivity index (χ4n) is 2.73. The van der Waals surface area contributed by atoms with Crippen molar-refractivity contribution in [2.75, 3.05) is 11.9 Å². The maximum atomic E-state index is 12.5. The van der Waals surface area contributed by atoms with Crippen LogP contribution in [0.25, 0.3) is 0 Å². The Hall–Kier alpha value is -2.08. The van der Waals surface area contributed by atoms with Crippen LogP contribution in [-0.4, -0.2) is 23.6 Å². The van der Waals surface area contributed by atoms with E-state index in [4.69, 9.17) is 9.47 Å². The number of amides is 1. The molecule has 0 saturated carbocycles. The van der Waals surface area contributed by atoms with E-state index in [-0.39, 0.29) is 12.0 Å². The van der Waals surface area contributed by atoms with E-state index >= 15 is 0 Å². The van der Waals surface area contributed by atoms with Crippen LogP contribution in [0.2, 0.25) is 0 Å². The van der Waals surface area contributed by atoms with Gasteiger partial charge in [-0.2, -0.15) is 0 Å². The zero-order chi connectivity index (χ0) is 16.6. The van der Waals surface area contributed by atoms with E-state index < -0.39 is 0 Å². The number of nitrogens with zero attached hydrogens (tertiary/aromatic N) is 1. The van der Waals surface area contributed by atoms with Crippen molar-refractivity contribution in [2.24, 2.45) is 0 Å². The average molecular weight is 332 g/mol. The lowest BCUT2D eigenvalue weighted by Gasteiger charge is -2.13. The largest absolute Gasteiger partial charge is 0.492 e. The quantitative estimate of drug-likeness (QED) is 0.926. The van der Waals surface area contributed by atoms with Gasteiger partial charge in [0, 0.05) is 18.1 Å². The fourth-order valence-corrected chi connectivity index (χ4v) is 3.55. The minimum absolute atomic E-state index is 0.150. The van der Waals surface area contributed by atoms with E-state index in [9.17, 15) is 4.79 Å². The second-order valence-electron chi connectivity index (χ2n) is 5.62. The molecule has 1 atom stereocenters. The van der Waals surface area contributed by atoms with Gasteiger partial charge in [-0.25, -0.2) is 4.98 Å². The minimum Gasteiger partial charge on any atom is -0.492 e. The summed E-state index contributed by atoms with van der Waals surface area (Å²) in [7, 11) is 0. The third-order valence-electron chi connectivity index (χ3n) is 3.66. The van der Waals surface area contributed by atoms with Crippen LogP contribution in [-0.2, 0) is 6.42 Å². The van der Waals surface area contributed by atoms with Crippen LogP contribution in [0.4, 0.5) is 5.69 Å². The monoisotopic (exact) mass is 332 g/mol. The number of ether oxygens (including phenoxy) is 2. The summed E-state index contributed by atoms with van der Waals surface area (Å²) in [4.78, 5) is 17.5. The molecule has 2 heterocycles. The number of rotatable bonds is 4. The maximum Gasteiger partial charge on any atom is 0.267 e. The summed E-state index contributed by atoms with van der Waals surface area (Å²) in [6.07, 6.45) is 1.01. The molecule has 6 heteroatoms. The molecule has 0 bridgehead atoms. The lowest BCUT2D eigenvalue weighted by Crippen LogP contribution is -2.13. The van der Waals surface area contributed by atoms with Gasteiger partial charge >= 0.3 is 0 Å². The summed E-state index contributed by atoms with van der Waals surface area (Å²) in [6, 6.07) is 3.81. The van der Waals surface area contributed by atoms with Gasteiger partial charge in [-0.15, -0.1) is 11.3 Å². The van der Waals surface area contributed by atoms with Gasteiger partial charge in [0.2, 0.25) is 0 Å². The molecule has 1 aromatic heterocycles. The van der Waals surface area contributed by atoms with Crippen molar-refractivity contribution in [1.29, 1.82) is 0 Å². The maximum absolute atomic E-state index is 12.5. The molecule has 0 fully saturated rings.